The number of aryl methyl sites for hydroxylation is 6. The van der Waals surface area contributed by atoms with Crippen LogP contribution >= 0.6 is 21.6 Å². The molecule has 10 rings (SSSR count). The Kier molecular flexibility index (Phi) is 12.5. The molecule has 0 amide bonds. The molecule has 0 radical (unpaired) electrons. The van der Waals surface area contributed by atoms with Crippen LogP contribution in [0.4, 0.5) is 0 Å². The fraction of sp³-hybridized carbons (Fsp3) is 0.103. The lowest BCUT2D eigenvalue weighted by Gasteiger charge is -2.20. The summed E-state index contributed by atoms with van der Waals surface area (Å²) in [7, 11) is 3.08. The first-order chi connectivity index (χ1) is 33.1. The predicted molar refractivity (Wildman–Crippen MR) is 279 cm³/mol. The molecule has 0 N–H and O–H groups in total. The summed E-state index contributed by atoms with van der Waals surface area (Å²) >= 11 is 0. The molecule has 0 fully saturated rings. The molecule has 0 saturated heterocycles. The average Bonchev–Trinajstić information content (AvgIpc) is 3.35. The lowest BCUT2D eigenvalue weighted by molar-refractivity contribution is 1.10. The van der Waals surface area contributed by atoms with Crippen LogP contribution in [0.1, 0.15) is 33.6 Å². The molecule has 8 heterocycles. The van der Waals surface area contributed by atoms with E-state index in [1.54, 1.807) is 0 Å². The highest BCUT2D eigenvalue weighted by molar-refractivity contribution is 8.76. The van der Waals surface area contributed by atoms with E-state index >= 15 is 0 Å². The quantitative estimate of drug-likeness (QED) is 0.117. The maximum absolute atomic E-state index is 5.32. The molecule has 0 aliphatic carbocycles. The normalized spacial score (nSPS) is 11.2. The molecule has 0 aliphatic rings. The van der Waals surface area contributed by atoms with Crippen LogP contribution in [0.15, 0.2) is 180 Å². The van der Waals surface area contributed by atoms with Gasteiger partial charge >= 0.3 is 0 Å². The first-order valence-corrected chi connectivity index (χ1v) is 24.5. The third-order valence-corrected chi connectivity index (χ3v) is 13.7. The van der Waals surface area contributed by atoms with Gasteiger partial charge in [0.15, 0.2) is 0 Å². The topological polar surface area (TPSA) is 103 Å². The van der Waals surface area contributed by atoms with Crippen LogP contribution in [0.25, 0.3) is 90.1 Å². The number of rotatable bonds is 11. The molecule has 0 unspecified atom stereocenters. The minimum atomic E-state index is 0.755. The van der Waals surface area contributed by atoms with Crippen LogP contribution < -0.4 is 0 Å². The zero-order valence-electron chi connectivity index (χ0n) is 38.6. The molecular formula is C58H46N8S2. The number of hydrogen-bond acceptors (Lipinski definition) is 10. The van der Waals surface area contributed by atoms with Gasteiger partial charge in [-0.3, -0.25) is 19.9 Å². The Morgan fingerprint density at radius 2 is 0.676 bits per heavy atom. The van der Waals surface area contributed by atoms with E-state index in [1.807, 2.05) is 111 Å². The van der Waals surface area contributed by atoms with Crippen molar-refractivity contribution in [2.75, 3.05) is 0 Å². The van der Waals surface area contributed by atoms with Gasteiger partial charge in [-0.15, -0.1) is 0 Å². The Bertz CT molecular complexity index is 3190. The second-order valence-electron chi connectivity index (χ2n) is 17.0. The predicted octanol–water partition coefficient (Wildman–Crippen LogP) is 14.8. The van der Waals surface area contributed by atoms with E-state index in [0.29, 0.717) is 0 Å². The van der Waals surface area contributed by atoms with E-state index in [1.165, 1.54) is 21.6 Å². The Morgan fingerprint density at radius 1 is 0.309 bits per heavy atom. The maximum Gasteiger partial charge on any atom is 0.117 e. The summed E-state index contributed by atoms with van der Waals surface area (Å²) in [4.78, 5) is 41.5. The van der Waals surface area contributed by atoms with E-state index in [4.69, 9.17) is 39.9 Å². The molecule has 0 bridgehead atoms. The van der Waals surface area contributed by atoms with Gasteiger partial charge in [0, 0.05) is 80.7 Å². The highest BCUT2D eigenvalue weighted by Crippen LogP contribution is 2.51. The zero-order chi connectivity index (χ0) is 46.7. The monoisotopic (exact) mass is 918 g/mol. The SMILES string of the molecule is Cc1cc(-c2ccccc2)nc(-c2cnc(SSc3ncc(-c4cc(C)cc(-c5ccccc5)n4)c(-c4ccccn4)c3-c3cc(C)cc(C)n3)c(-c3cc(C)cc(C)n3)c2-c2ccccn2)c1. The van der Waals surface area contributed by atoms with Crippen molar-refractivity contribution in [3.8, 4) is 90.1 Å². The van der Waals surface area contributed by atoms with Crippen molar-refractivity contribution in [1.29, 1.82) is 0 Å². The molecule has 10 aromatic rings. The molecule has 8 nitrogen and oxygen atoms in total. The Hall–Kier alpha value is -7.66. The van der Waals surface area contributed by atoms with Crippen LogP contribution in [-0.2, 0) is 0 Å². The molecule has 68 heavy (non-hydrogen) atoms. The van der Waals surface area contributed by atoms with Gasteiger partial charge in [0.25, 0.3) is 0 Å². The standard InChI is InChI=1S/C58H46N8S2/c1-35-25-39(5)63-51(31-35)55-53(45-21-13-15-23-59-45)43(49-29-37(3)27-47(65-49)41-17-9-7-10-18-41)33-61-57(55)67-68-58-56(52-32-36(2)26-40(6)64-52)54(46-22-14-16-24-60-46)44(34-62-58)50-30-38(4)28-48(66-50)42-19-11-8-12-20-42/h7-34H,1-6H3. The highest BCUT2D eigenvalue weighted by atomic mass is 33.1. The Balaban J connectivity index is 1.19. The van der Waals surface area contributed by atoms with E-state index in [9.17, 15) is 0 Å². The first-order valence-electron chi connectivity index (χ1n) is 22.4. The summed E-state index contributed by atoms with van der Waals surface area (Å²) in [5.74, 6) is 0. The largest absolute Gasteiger partial charge is 0.256 e. The minimum Gasteiger partial charge on any atom is -0.256 e. The van der Waals surface area contributed by atoms with Gasteiger partial charge in [0.05, 0.1) is 45.6 Å². The Morgan fingerprint density at radius 3 is 1.06 bits per heavy atom. The summed E-state index contributed by atoms with van der Waals surface area (Å²) in [5, 5.41) is 1.51. The number of hydrogen-bond donors (Lipinski definition) is 0. The highest BCUT2D eigenvalue weighted by Gasteiger charge is 2.27. The summed E-state index contributed by atoms with van der Waals surface area (Å²) < 4.78 is 0. The van der Waals surface area contributed by atoms with Crippen LogP contribution in [0.5, 0.6) is 0 Å². The van der Waals surface area contributed by atoms with Gasteiger partial charge in [0.2, 0.25) is 0 Å². The van der Waals surface area contributed by atoms with Crippen LogP contribution in [-0.4, -0.2) is 39.9 Å². The van der Waals surface area contributed by atoms with E-state index in [-0.39, 0.29) is 0 Å². The van der Waals surface area contributed by atoms with Crippen LogP contribution in [0, 0.1) is 41.5 Å². The molecule has 0 saturated carbocycles. The smallest absolute Gasteiger partial charge is 0.117 e. The molecule has 0 atom stereocenters. The number of benzene rings is 2. The van der Waals surface area contributed by atoms with Crippen molar-refractivity contribution < 1.29 is 0 Å². The molecule has 330 valence electrons. The number of aromatic nitrogens is 8. The van der Waals surface area contributed by atoms with Crippen molar-refractivity contribution >= 4 is 21.6 Å². The zero-order valence-corrected chi connectivity index (χ0v) is 40.2. The van der Waals surface area contributed by atoms with Crippen molar-refractivity contribution in [1.82, 2.24) is 39.9 Å². The summed E-state index contributed by atoms with van der Waals surface area (Å²) in [5.41, 5.74) is 20.0. The Labute approximate surface area is 405 Å². The van der Waals surface area contributed by atoms with Crippen molar-refractivity contribution in [2.24, 2.45) is 0 Å². The fourth-order valence-corrected chi connectivity index (χ4v) is 10.8. The van der Waals surface area contributed by atoms with Crippen molar-refractivity contribution in [3.63, 3.8) is 0 Å². The second-order valence-corrected chi connectivity index (χ2v) is 19.1. The average molecular weight is 919 g/mol. The van der Waals surface area contributed by atoms with E-state index < -0.39 is 0 Å². The van der Waals surface area contributed by atoms with Crippen molar-refractivity contribution in [2.45, 2.75) is 51.6 Å². The minimum absolute atomic E-state index is 0.755. The second kappa shape index (κ2) is 19.3. The number of nitrogens with zero attached hydrogens (tertiary/aromatic N) is 8. The third-order valence-electron chi connectivity index (χ3n) is 11.5. The summed E-state index contributed by atoms with van der Waals surface area (Å²) in [6.07, 6.45) is 7.54. The van der Waals surface area contributed by atoms with Gasteiger partial charge in [-0.1, -0.05) is 72.8 Å². The molecule has 10 heteroatoms. The molecule has 8 aromatic heterocycles. The number of pyridine rings is 8. The lowest BCUT2D eigenvalue weighted by Crippen LogP contribution is -2.02. The van der Waals surface area contributed by atoms with Gasteiger partial charge in [-0.05, 0) is 158 Å². The third kappa shape index (κ3) is 9.34. The maximum atomic E-state index is 5.32. The van der Waals surface area contributed by atoms with Crippen LogP contribution in [0.2, 0.25) is 0 Å². The van der Waals surface area contributed by atoms with Gasteiger partial charge in [-0.2, -0.15) is 0 Å². The molecule has 2 aromatic carbocycles. The molecule has 0 aliphatic heterocycles. The fourth-order valence-electron chi connectivity index (χ4n) is 8.67. The lowest BCUT2D eigenvalue weighted by atomic mass is 9.94. The van der Waals surface area contributed by atoms with Gasteiger partial charge in [-0.25, -0.2) is 19.9 Å². The molecule has 0 spiro atoms. The van der Waals surface area contributed by atoms with E-state index in [2.05, 4.69) is 100 Å². The molecular weight excluding hydrogens is 873 g/mol. The van der Waals surface area contributed by atoms with E-state index in [0.717, 1.165) is 134 Å². The van der Waals surface area contributed by atoms with Crippen LogP contribution in [0.3, 0.4) is 0 Å². The summed E-state index contributed by atoms with van der Waals surface area (Å²) in [6.45, 7) is 12.5. The van der Waals surface area contributed by atoms with Crippen molar-refractivity contribution in [3.05, 3.63) is 204 Å². The first kappa shape index (κ1) is 44.2. The van der Waals surface area contributed by atoms with Gasteiger partial charge in [0.1, 0.15) is 10.1 Å². The van der Waals surface area contributed by atoms with Gasteiger partial charge < -0.3 is 0 Å². The summed E-state index contributed by atoms with van der Waals surface area (Å²) in [6, 6.07) is 49.5.